The highest BCUT2D eigenvalue weighted by Crippen LogP contribution is 2.18. The Hall–Kier alpha value is -1.88. The number of benzene rings is 1. The van der Waals surface area contributed by atoms with Crippen molar-refractivity contribution in [3.05, 3.63) is 35.9 Å². The molecule has 2 unspecified atom stereocenters. The molecule has 3 N–H and O–H groups in total. The molecule has 2 atom stereocenters. The molecule has 0 bridgehead atoms. The highest BCUT2D eigenvalue weighted by molar-refractivity contribution is 5.78. The molecule has 1 amide bonds. The first-order valence-corrected chi connectivity index (χ1v) is 6.92. The van der Waals surface area contributed by atoms with Crippen LogP contribution in [0.1, 0.15) is 30.9 Å². The fourth-order valence-electron chi connectivity index (χ4n) is 2.52. The minimum Gasteiger partial charge on any atom is -0.481 e. The summed E-state index contributed by atoms with van der Waals surface area (Å²) in [6.07, 6.45) is 1.36. The van der Waals surface area contributed by atoms with Crippen molar-refractivity contribution in [1.29, 1.82) is 0 Å². The summed E-state index contributed by atoms with van der Waals surface area (Å²) in [7, 11) is 0. The van der Waals surface area contributed by atoms with E-state index in [2.05, 4.69) is 10.6 Å². The van der Waals surface area contributed by atoms with E-state index >= 15 is 0 Å². The van der Waals surface area contributed by atoms with Gasteiger partial charge in [-0.15, -0.1) is 0 Å². The van der Waals surface area contributed by atoms with Gasteiger partial charge in [-0.25, -0.2) is 0 Å². The van der Waals surface area contributed by atoms with Gasteiger partial charge in [0.25, 0.3) is 0 Å². The van der Waals surface area contributed by atoms with Gasteiger partial charge in [-0.05, 0) is 31.0 Å². The first-order valence-electron chi connectivity index (χ1n) is 6.92. The number of carbonyl (C=O) groups is 2. The molecule has 0 aromatic heterocycles. The van der Waals surface area contributed by atoms with Gasteiger partial charge >= 0.3 is 5.97 Å². The average Bonchev–Trinajstić information content (AvgIpc) is 2.91. The first kappa shape index (κ1) is 14.5. The molecule has 0 saturated carbocycles. The van der Waals surface area contributed by atoms with Crippen LogP contribution in [0, 0.1) is 5.92 Å². The molecule has 1 aliphatic heterocycles. The van der Waals surface area contributed by atoms with E-state index in [4.69, 9.17) is 5.11 Å². The molecule has 1 aromatic carbocycles. The second-order valence-corrected chi connectivity index (χ2v) is 5.19. The number of nitrogens with one attached hydrogen (secondary N) is 2. The van der Waals surface area contributed by atoms with E-state index in [1.165, 1.54) is 0 Å². The van der Waals surface area contributed by atoms with E-state index in [0.717, 1.165) is 25.1 Å². The van der Waals surface area contributed by atoms with Crippen LogP contribution < -0.4 is 10.6 Å². The number of carbonyl (C=O) groups excluding carboxylic acids is 1. The van der Waals surface area contributed by atoms with Crippen molar-refractivity contribution in [3.8, 4) is 0 Å². The predicted octanol–water partition coefficient (Wildman–Crippen LogP) is 1.32. The molecule has 1 heterocycles. The van der Waals surface area contributed by atoms with Gasteiger partial charge in [-0.2, -0.15) is 0 Å². The molecule has 0 aliphatic carbocycles. The largest absolute Gasteiger partial charge is 0.481 e. The second kappa shape index (κ2) is 7.05. The zero-order valence-corrected chi connectivity index (χ0v) is 11.3. The summed E-state index contributed by atoms with van der Waals surface area (Å²) in [5.74, 6) is -0.633. The lowest BCUT2D eigenvalue weighted by molar-refractivity contribution is -0.137. The van der Waals surface area contributed by atoms with Crippen molar-refractivity contribution in [2.75, 3.05) is 13.1 Å². The Balaban J connectivity index is 1.96. The Kier molecular flexibility index (Phi) is 5.12. The van der Waals surface area contributed by atoms with Crippen molar-refractivity contribution >= 4 is 11.9 Å². The fourth-order valence-corrected chi connectivity index (χ4v) is 2.52. The van der Waals surface area contributed by atoms with E-state index in [9.17, 15) is 9.59 Å². The molecule has 1 fully saturated rings. The SMILES string of the molecule is O=C(O)CC(NC(=O)CC1CCNC1)c1ccccc1. The third kappa shape index (κ3) is 4.35. The Morgan fingerprint density at radius 1 is 1.35 bits per heavy atom. The summed E-state index contributed by atoms with van der Waals surface area (Å²) >= 11 is 0. The zero-order valence-electron chi connectivity index (χ0n) is 11.3. The minimum atomic E-state index is -0.915. The Morgan fingerprint density at radius 3 is 2.70 bits per heavy atom. The van der Waals surface area contributed by atoms with Gasteiger partial charge in [0.1, 0.15) is 0 Å². The molecule has 0 spiro atoms. The van der Waals surface area contributed by atoms with Gasteiger partial charge in [0.2, 0.25) is 5.91 Å². The Morgan fingerprint density at radius 2 is 2.10 bits per heavy atom. The minimum absolute atomic E-state index is 0.0752. The summed E-state index contributed by atoms with van der Waals surface area (Å²) < 4.78 is 0. The number of hydrogen-bond acceptors (Lipinski definition) is 3. The zero-order chi connectivity index (χ0) is 14.4. The van der Waals surface area contributed by atoms with E-state index in [0.29, 0.717) is 12.3 Å². The van der Waals surface area contributed by atoms with Gasteiger partial charge < -0.3 is 15.7 Å². The highest BCUT2D eigenvalue weighted by atomic mass is 16.4. The van der Waals surface area contributed by atoms with Crippen molar-refractivity contribution in [1.82, 2.24) is 10.6 Å². The van der Waals surface area contributed by atoms with Crippen LogP contribution in [0.2, 0.25) is 0 Å². The average molecular weight is 276 g/mol. The molecule has 1 aromatic rings. The van der Waals surface area contributed by atoms with Crippen LogP contribution in [-0.4, -0.2) is 30.1 Å². The van der Waals surface area contributed by atoms with Gasteiger partial charge in [0, 0.05) is 6.42 Å². The van der Waals surface area contributed by atoms with Crippen LogP contribution in [0.5, 0.6) is 0 Å². The lowest BCUT2D eigenvalue weighted by Crippen LogP contribution is -2.31. The van der Waals surface area contributed by atoms with Gasteiger partial charge in [0.05, 0.1) is 12.5 Å². The summed E-state index contributed by atoms with van der Waals surface area (Å²) in [5, 5.41) is 15.0. The lowest BCUT2D eigenvalue weighted by atomic mass is 10.0. The maximum atomic E-state index is 12.0. The molecule has 5 heteroatoms. The number of carboxylic acids is 1. The van der Waals surface area contributed by atoms with Crippen LogP contribution in [0.3, 0.4) is 0 Å². The summed E-state index contributed by atoms with van der Waals surface area (Å²) in [6, 6.07) is 8.77. The normalized spacial score (nSPS) is 19.5. The quantitative estimate of drug-likeness (QED) is 0.732. The molecule has 1 saturated heterocycles. The predicted molar refractivity (Wildman–Crippen MR) is 75.2 cm³/mol. The monoisotopic (exact) mass is 276 g/mol. The smallest absolute Gasteiger partial charge is 0.305 e. The van der Waals surface area contributed by atoms with E-state index in [1.807, 2.05) is 30.3 Å². The molecule has 5 nitrogen and oxygen atoms in total. The van der Waals surface area contributed by atoms with Crippen LogP contribution >= 0.6 is 0 Å². The molecule has 108 valence electrons. The van der Waals surface area contributed by atoms with Crippen LogP contribution in [0.4, 0.5) is 0 Å². The van der Waals surface area contributed by atoms with E-state index < -0.39 is 12.0 Å². The summed E-state index contributed by atoms with van der Waals surface area (Å²) in [4.78, 5) is 23.0. The molecule has 2 rings (SSSR count). The molecule has 1 aliphatic rings. The standard InChI is InChI=1S/C15H20N2O3/c18-14(8-11-6-7-16-10-11)17-13(9-15(19)20)12-4-2-1-3-5-12/h1-5,11,13,16H,6-10H2,(H,17,18)(H,19,20). The molecular formula is C15H20N2O3. The fraction of sp³-hybridized carbons (Fsp3) is 0.467. The van der Waals surface area contributed by atoms with Crippen LogP contribution in [-0.2, 0) is 9.59 Å². The lowest BCUT2D eigenvalue weighted by Gasteiger charge is -2.18. The summed E-state index contributed by atoms with van der Waals surface area (Å²) in [5.41, 5.74) is 0.827. The molecule has 20 heavy (non-hydrogen) atoms. The maximum absolute atomic E-state index is 12.0. The van der Waals surface area contributed by atoms with E-state index in [1.54, 1.807) is 0 Å². The third-order valence-electron chi connectivity index (χ3n) is 3.55. The first-order chi connectivity index (χ1) is 9.65. The number of rotatable bonds is 6. The number of amides is 1. The van der Waals surface area contributed by atoms with Crippen LogP contribution in [0.15, 0.2) is 30.3 Å². The van der Waals surface area contributed by atoms with Crippen molar-refractivity contribution in [2.45, 2.75) is 25.3 Å². The maximum Gasteiger partial charge on any atom is 0.305 e. The Bertz CT molecular complexity index is 455. The van der Waals surface area contributed by atoms with Gasteiger partial charge in [-0.3, -0.25) is 9.59 Å². The Labute approximate surface area is 118 Å². The number of aliphatic carboxylic acids is 1. The highest BCUT2D eigenvalue weighted by Gasteiger charge is 2.22. The number of hydrogen-bond donors (Lipinski definition) is 3. The van der Waals surface area contributed by atoms with Crippen LogP contribution in [0.25, 0.3) is 0 Å². The van der Waals surface area contributed by atoms with Gasteiger partial charge in [0.15, 0.2) is 0 Å². The number of carboxylic acid groups (broad SMARTS) is 1. The van der Waals surface area contributed by atoms with E-state index in [-0.39, 0.29) is 12.3 Å². The molecule has 0 radical (unpaired) electrons. The van der Waals surface area contributed by atoms with Crippen molar-refractivity contribution in [2.24, 2.45) is 5.92 Å². The van der Waals surface area contributed by atoms with Gasteiger partial charge in [-0.1, -0.05) is 30.3 Å². The third-order valence-corrected chi connectivity index (χ3v) is 3.55. The summed E-state index contributed by atoms with van der Waals surface area (Å²) in [6.45, 7) is 1.82. The van der Waals surface area contributed by atoms with Crippen molar-refractivity contribution < 1.29 is 14.7 Å². The second-order valence-electron chi connectivity index (χ2n) is 5.19. The molecular weight excluding hydrogens is 256 g/mol. The van der Waals surface area contributed by atoms with Crippen molar-refractivity contribution in [3.63, 3.8) is 0 Å². The topological polar surface area (TPSA) is 78.4 Å².